The minimum atomic E-state index is -1.01. The summed E-state index contributed by atoms with van der Waals surface area (Å²) < 4.78 is 1.71. The van der Waals surface area contributed by atoms with Crippen LogP contribution in [0.15, 0.2) is 11.5 Å². The van der Waals surface area contributed by atoms with Crippen molar-refractivity contribution in [1.82, 2.24) is 19.5 Å². The molecule has 1 fully saturated rings. The number of thioether (sulfide) groups is 1. The van der Waals surface area contributed by atoms with Gasteiger partial charge in [0.1, 0.15) is 11.6 Å². The Labute approximate surface area is 131 Å². The van der Waals surface area contributed by atoms with Gasteiger partial charge in [0, 0.05) is 5.41 Å². The van der Waals surface area contributed by atoms with Crippen molar-refractivity contribution in [2.45, 2.75) is 36.8 Å². The van der Waals surface area contributed by atoms with Crippen LogP contribution in [0.2, 0.25) is 0 Å². The smallest absolute Gasteiger partial charge is 0.191 e. The van der Waals surface area contributed by atoms with E-state index in [1.54, 1.807) is 17.8 Å². The average molecular weight is 325 g/mol. The highest BCUT2D eigenvalue weighted by molar-refractivity contribution is 7.98. The first-order valence-electron chi connectivity index (χ1n) is 6.92. The molecule has 0 amide bonds. The van der Waals surface area contributed by atoms with Crippen LogP contribution in [0, 0.1) is 5.41 Å². The summed E-state index contributed by atoms with van der Waals surface area (Å²) in [6.45, 7) is 1.54. The summed E-state index contributed by atoms with van der Waals surface area (Å²) >= 11 is 1.36. The Bertz CT molecular complexity index is 708. The number of aliphatic hydroxyl groups is 3. The highest BCUT2D eigenvalue weighted by Crippen LogP contribution is 2.45. The predicted octanol–water partition coefficient (Wildman–Crippen LogP) is -0.204. The summed E-state index contributed by atoms with van der Waals surface area (Å²) in [5, 5.41) is 30.6. The maximum Gasteiger partial charge on any atom is 0.191 e. The molecule has 4 atom stereocenters. The Balaban J connectivity index is 2.09. The van der Waals surface area contributed by atoms with Gasteiger partial charge in [-0.3, -0.25) is 0 Å². The van der Waals surface area contributed by atoms with Crippen molar-refractivity contribution < 1.29 is 15.3 Å². The molecule has 0 spiro atoms. The van der Waals surface area contributed by atoms with Gasteiger partial charge in [-0.05, 0) is 12.7 Å². The molecule has 9 heteroatoms. The lowest BCUT2D eigenvalue weighted by atomic mass is 9.87. The molecule has 0 saturated heterocycles. The first kappa shape index (κ1) is 15.5. The summed E-state index contributed by atoms with van der Waals surface area (Å²) in [5.41, 5.74) is 6.12. The molecule has 2 heterocycles. The number of nitrogens with zero attached hydrogens (tertiary/aromatic N) is 4. The third kappa shape index (κ3) is 2.16. The number of hydrogen-bond donors (Lipinski definition) is 4. The van der Waals surface area contributed by atoms with E-state index >= 15 is 0 Å². The van der Waals surface area contributed by atoms with Crippen LogP contribution in [0.5, 0.6) is 0 Å². The zero-order chi connectivity index (χ0) is 16.1. The van der Waals surface area contributed by atoms with Crippen molar-refractivity contribution in [2.75, 3.05) is 18.6 Å². The molecular formula is C13H19N5O3S. The van der Waals surface area contributed by atoms with Gasteiger partial charge in [-0.2, -0.15) is 0 Å². The molecule has 22 heavy (non-hydrogen) atoms. The van der Waals surface area contributed by atoms with Crippen LogP contribution in [0.1, 0.15) is 19.4 Å². The summed E-state index contributed by atoms with van der Waals surface area (Å²) in [7, 11) is 0. The van der Waals surface area contributed by atoms with Crippen molar-refractivity contribution >= 4 is 28.7 Å². The van der Waals surface area contributed by atoms with E-state index in [4.69, 9.17) is 5.73 Å². The maximum absolute atomic E-state index is 10.4. The van der Waals surface area contributed by atoms with E-state index < -0.39 is 23.7 Å². The number of aromatic nitrogens is 4. The Morgan fingerprint density at radius 3 is 2.77 bits per heavy atom. The van der Waals surface area contributed by atoms with Gasteiger partial charge in [-0.25, -0.2) is 15.0 Å². The average Bonchev–Trinajstić information content (AvgIpc) is 3.03. The topological polar surface area (TPSA) is 130 Å². The second-order valence-corrected chi connectivity index (χ2v) is 6.71. The number of anilines is 1. The molecule has 0 aliphatic heterocycles. The van der Waals surface area contributed by atoms with Gasteiger partial charge in [0.05, 0.1) is 25.1 Å². The summed E-state index contributed by atoms with van der Waals surface area (Å²) in [5.74, 6) is 0.283. The summed E-state index contributed by atoms with van der Waals surface area (Å²) in [6, 6.07) is -0.429. The van der Waals surface area contributed by atoms with Crippen LogP contribution in [0.4, 0.5) is 5.82 Å². The van der Waals surface area contributed by atoms with Crippen molar-refractivity contribution in [1.29, 1.82) is 0 Å². The molecule has 3 rings (SSSR count). The molecule has 1 aliphatic rings. The van der Waals surface area contributed by atoms with Gasteiger partial charge in [0.2, 0.25) is 0 Å². The SMILES string of the molecule is CSc1nc(N)c2ncn(C3C[C@](C)(CO)[C@H](O)[C@@H]3O)c2n1. The van der Waals surface area contributed by atoms with Crippen LogP contribution in [0.3, 0.4) is 0 Å². The van der Waals surface area contributed by atoms with Gasteiger partial charge in [-0.15, -0.1) is 0 Å². The number of rotatable bonds is 3. The molecule has 120 valence electrons. The lowest BCUT2D eigenvalue weighted by Crippen LogP contribution is -2.36. The molecule has 0 radical (unpaired) electrons. The predicted molar refractivity (Wildman–Crippen MR) is 82.4 cm³/mol. The number of nitrogen functional groups attached to an aromatic ring is 1. The number of imidazole rings is 1. The molecule has 2 aromatic rings. The second-order valence-electron chi connectivity index (χ2n) is 5.94. The van der Waals surface area contributed by atoms with Gasteiger partial charge in [0.15, 0.2) is 16.6 Å². The molecule has 0 bridgehead atoms. The fraction of sp³-hybridized carbons (Fsp3) is 0.615. The number of fused-ring (bicyclic) bond motifs is 1. The van der Waals surface area contributed by atoms with Gasteiger partial charge in [-0.1, -0.05) is 18.7 Å². The van der Waals surface area contributed by atoms with E-state index in [-0.39, 0.29) is 12.4 Å². The molecule has 5 N–H and O–H groups in total. The highest BCUT2D eigenvalue weighted by atomic mass is 32.2. The Morgan fingerprint density at radius 1 is 1.45 bits per heavy atom. The largest absolute Gasteiger partial charge is 0.396 e. The molecule has 1 saturated carbocycles. The normalized spacial score (nSPS) is 32.0. The fourth-order valence-electron chi connectivity index (χ4n) is 3.01. The lowest BCUT2D eigenvalue weighted by Gasteiger charge is -2.25. The van der Waals surface area contributed by atoms with Gasteiger partial charge < -0.3 is 25.6 Å². The monoisotopic (exact) mass is 325 g/mol. The molecule has 1 unspecified atom stereocenters. The van der Waals surface area contributed by atoms with Crippen LogP contribution in [-0.4, -0.2) is 59.9 Å². The van der Waals surface area contributed by atoms with Gasteiger partial charge >= 0.3 is 0 Å². The van der Waals surface area contributed by atoms with Crippen LogP contribution in [-0.2, 0) is 0 Å². The Morgan fingerprint density at radius 2 is 2.18 bits per heavy atom. The maximum atomic E-state index is 10.4. The Hall–Kier alpha value is -1.42. The van der Waals surface area contributed by atoms with E-state index in [1.807, 2.05) is 6.26 Å². The summed E-state index contributed by atoms with van der Waals surface area (Å²) in [4.78, 5) is 12.8. The van der Waals surface area contributed by atoms with Crippen molar-refractivity contribution in [3.8, 4) is 0 Å². The minimum absolute atomic E-state index is 0.207. The molecule has 0 aromatic carbocycles. The number of hydrogen-bond acceptors (Lipinski definition) is 8. The third-order valence-electron chi connectivity index (χ3n) is 4.44. The van der Waals surface area contributed by atoms with Crippen molar-refractivity contribution in [3.05, 3.63) is 6.33 Å². The van der Waals surface area contributed by atoms with E-state index in [2.05, 4.69) is 15.0 Å². The van der Waals surface area contributed by atoms with E-state index in [0.29, 0.717) is 22.7 Å². The first-order chi connectivity index (χ1) is 10.4. The van der Waals surface area contributed by atoms with E-state index in [9.17, 15) is 15.3 Å². The zero-order valence-electron chi connectivity index (χ0n) is 12.3. The number of aliphatic hydroxyl groups excluding tert-OH is 3. The Kier molecular flexibility index (Phi) is 3.76. The summed E-state index contributed by atoms with van der Waals surface area (Å²) in [6.07, 6.45) is 1.78. The van der Waals surface area contributed by atoms with E-state index in [1.165, 1.54) is 11.8 Å². The molecular weight excluding hydrogens is 306 g/mol. The molecule has 8 nitrogen and oxygen atoms in total. The van der Waals surface area contributed by atoms with Crippen molar-refractivity contribution in [3.63, 3.8) is 0 Å². The highest BCUT2D eigenvalue weighted by Gasteiger charge is 2.50. The standard InChI is InChI=1S/C13H19N5O3S/c1-13(4-19)3-6(8(20)9(13)21)18-5-15-7-10(14)16-12(22-2)17-11(7)18/h5-6,8-9,19-21H,3-4H2,1-2H3,(H2,14,16,17)/t6?,8-,9-,13-/m1/s1. The fourth-order valence-corrected chi connectivity index (χ4v) is 3.38. The van der Waals surface area contributed by atoms with Crippen LogP contribution < -0.4 is 5.73 Å². The quantitative estimate of drug-likeness (QED) is 0.451. The second kappa shape index (κ2) is 5.34. The number of nitrogens with two attached hydrogens (primary N) is 1. The third-order valence-corrected chi connectivity index (χ3v) is 4.98. The van der Waals surface area contributed by atoms with Crippen LogP contribution >= 0.6 is 11.8 Å². The zero-order valence-corrected chi connectivity index (χ0v) is 13.2. The minimum Gasteiger partial charge on any atom is -0.396 e. The van der Waals surface area contributed by atoms with E-state index in [0.717, 1.165) is 0 Å². The molecule has 2 aromatic heterocycles. The van der Waals surface area contributed by atoms with Crippen molar-refractivity contribution in [2.24, 2.45) is 5.41 Å². The lowest BCUT2D eigenvalue weighted by molar-refractivity contribution is -0.0403. The van der Waals surface area contributed by atoms with Gasteiger partial charge in [0.25, 0.3) is 0 Å². The molecule has 1 aliphatic carbocycles. The first-order valence-corrected chi connectivity index (χ1v) is 8.15. The van der Waals surface area contributed by atoms with Crippen LogP contribution in [0.25, 0.3) is 11.2 Å².